The van der Waals surface area contributed by atoms with Crippen LogP contribution in [0.15, 0.2) is 73.3 Å². The van der Waals surface area contributed by atoms with E-state index < -0.39 is 10.0 Å². The molecule has 174 valence electrons. The first-order valence-corrected chi connectivity index (χ1v) is 13.0. The second kappa shape index (κ2) is 10.8. The summed E-state index contributed by atoms with van der Waals surface area (Å²) in [6, 6.07) is 17.8. The highest BCUT2D eigenvalue weighted by Crippen LogP contribution is 2.21. The molecule has 1 aliphatic heterocycles. The number of rotatable bonds is 9. The number of aromatic nitrogens is 2. The minimum atomic E-state index is -3.37. The maximum absolute atomic E-state index is 12.8. The highest BCUT2D eigenvalue weighted by molar-refractivity contribution is 7.89. The zero-order chi connectivity index (χ0) is 23.1. The molecular weight excluding hydrogens is 436 g/mol. The van der Waals surface area contributed by atoms with E-state index in [0.717, 1.165) is 23.2 Å². The zero-order valence-electron chi connectivity index (χ0n) is 18.6. The summed E-state index contributed by atoms with van der Waals surface area (Å²) in [5, 5.41) is 2.98. The van der Waals surface area contributed by atoms with Gasteiger partial charge < -0.3 is 9.88 Å². The van der Waals surface area contributed by atoms with Gasteiger partial charge in [-0.05, 0) is 48.9 Å². The fourth-order valence-electron chi connectivity index (χ4n) is 4.17. The lowest BCUT2D eigenvalue weighted by atomic mass is 9.99. The SMILES string of the molecule is O=C(NCc1ccc(-n2ccnc2)cc1)[C@@H]1CCCN(S(=O)(=O)CCCc2ccccc2)C1. The van der Waals surface area contributed by atoms with Crippen molar-refractivity contribution in [2.45, 2.75) is 32.2 Å². The Labute approximate surface area is 195 Å². The molecule has 0 bridgehead atoms. The van der Waals surface area contributed by atoms with Gasteiger partial charge in [0.05, 0.1) is 18.0 Å². The lowest BCUT2D eigenvalue weighted by molar-refractivity contribution is -0.126. The minimum absolute atomic E-state index is 0.0853. The second-order valence-corrected chi connectivity index (χ2v) is 10.5. The Kier molecular flexibility index (Phi) is 7.57. The monoisotopic (exact) mass is 466 g/mol. The van der Waals surface area contributed by atoms with E-state index in [1.54, 1.807) is 12.5 Å². The Morgan fingerprint density at radius 3 is 2.58 bits per heavy atom. The maximum Gasteiger partial charge on any atom is 0.224 e. The molecule has 1 atom stereocenters. The summed E-state index contributed by atoms with van der Waals surface area (Å²) in [6.07, 6.45) is 8.07. The van der Waals surface area contributed by atoms with Crippen LogP contribution in [0.5, 0.6) is 0 Å². The summed E-state index contributed by atoms with van der Waals surface area (Å²) in [5.74, 6) is -0.287. The predicted octanol–water partition coefficient (Wildman–Crippen LogP) is 3.16. The molecule has 0 unspecified atom stereocenters. The van der Waals surface area contributed by atoms with Crippen molar-refractivity contribution in [1.82, 2.24) is 19.2 Å². The smallest absolute Gasteiger partial charge is 0.224 e. The van der Waals surface area contributed by atoms with E-state index >= 15 is 0 Å². The van der Waals surface area contributed by atoms with Gasteiger partial charge in [0.1, 0.15) is 0 Å². The molecule has 1 aliphatic rings. The van der Waals surface area contributed by atoms with Crippen molar-refractivity contribution in [3.05, 3.63) is 84.4 Å². The fourth-order valence-corrected chi connectivity index (χ4v) is 5.75. The van der Waals surface area contributed by atoms with Gasteiger partial charge in [0.2, 0.25) is 15.9 Å². The Morgan fingerprint density at radius 2 is 1.85 bits per heavy atom. The lowest BCUT2D eigenvalue weighted by Gasteiger charge is -2.31. The van der Waals surface area contributed by atoms with Crippen LogP contribution >= 0.6 is 0 Å². The third-order valence-corrected chi connectivity index (χ3v) is 7.99. The van der Waals surface area contributed by atoms with Crippen LogP contribution in [0, 0.1) is 5.92 Å². The van der Waals surface area contributed by atoms with Gasteiger partial charge in [0.15, 0.2) is 0 Å². The summed E-state index contributed by atoms with van der Waals surface area (Å²) in [6.45, 7) is 1.18. The Hall–Kier alpha value is -2.97. The molecule has 0 saturated carbocycles. The molecule has 1 fully saturated rings. The maximum atomic E-state index is 12.8. The van der Waals surface area contributed by atoms with E-state index in [2.05, 4.69) is 10.3 Å². The largest absolute Gasteiger partial charge is 0.352 e. The van der Waals surface area contributed by atoms with E-state index in [0.29, 0.717) is 32.4 Å². The van der Waals surface area contributed by atoms with Gasteiger partial charge in [-0.15, -0.1) is 0 Å². The lowest BCUT2D eigenvalue weighted by Crippen LogP contribution is -2.46. The molecule has 1 aromatic heterocycles. The number of sulfonamides is 1. The van der Waals surface area contributed by atoms with Crippen molar-refractivity contribution < 1.29 is 13.2 Å². The molecule has 4 rings (SSSR count). The van der Waals surface area contributed by atoms with Crippen LogP contribution in [-0.2, 0) is 27.8 Å². The summed E-state index contributed by atoms with van der Waals surface area (Å²) < 4.78 is 29.1. The molecule has 2 aromatic carbocycles. The van der Waals surface area contributed by atoms with Crippen LogP contribution in [0.25, 0.3) is 5.69 Å². The number of benzene rings is 2. The second-order valence-electron chi connectivity index (χ2n) is 8.46. The Morgan fingerprint density at radius 1 is 1.06 bits per heavy atom. The summed E-state index contributed by atoms with van der Waals surface area (Å²) in [5.41, 5.74) is 3.14. The van der Waals surface area contributed by atoms with E-state index in [1.165, 1.54) is 4.31 Å². The van der Waals surface area contributed by atoms with E-state index in [-0.39, 0.29) is 24.1 Å². The first-order valence-electron chi connectivity index (χ1n) is 11.4. The van der Waals surface area contributed by atoms with Gasteiger partial charge in [0.25, 0.3) is 0 Å². The topological polar surface area (TPSA) is 84.3 Å². The molecule has 2 heterocycles. The number of carbonyl (C=O) groups excluding carboxylic acids is 1. The third-order valence-electron chi connectivity index (χ3n) is 6.06. The average molecular weight is 467 g/mol. The number of aryl methyl sites for hydroxylation is 1. The first-order chi connectivity index (χ1) is 16.0. The van der Waals surface area contributed by atoms with Crippen molar-refractivity contribution in [2.75, 3.05) is 18.8 Å². The summed E-state index contributed by atoms with van der Waals surface area (Å²) in [4.78, 5) is 16.8. The highest BCUT2D eigenvalue weighted by Gasteiger charge is 2.31. The first kappa shape index (κ1) is 23.2. The number of carbonyl (C=O) groups is 1. The van der Waals surface area contributed by atoms with Crippen molar-refractivity contribution in [3.63, 3.8) is 0 Å². The van der Waals surface area contributed by atoms with Crippen LogP contribution in [0.4, 0.5) is 0 Å². The van der Waals surface area contributed by atoms with Gasteiger partial charge in [0, 0.05) is 37.7 Å². The van der Waals surface area contributed by atoms with Crippen LogP contribution in [-0.4, -0.2) is 47.0 Å². The van der Waals surface area contributed by atoms with Gasteiger partial charge in [-0.1, -0.05) is 42.5 Å². The molecule has 3 aromatic rings. The van der Waals surface area contributed by atoms with Gasteiger partial charge in [-0.2, -0.15) is 0 Å². The normalized spacial score (nSPS) is 17.0. The fraction of sp³-hybridized carbons (Fsp3) is 0.360. The molecular formula is C25H30N4O3S. The molecule has 8 heteroatoms. The van der Waals surface area contributed by atoms with E-state index in [9.17, 15) is 13.2 Å². The summed E-state index contributed by atoms with van der Waals surface area (Å²) >= 11 is 0. The van der Waals surface area contributed by atoms with Crippen LogP contribution in [0.1, 0.15) is 30.4 Å². The van der Waals surface area contributed by atoms with Gasteiger partial charge in [-0.3, -0.25) is 4.79 Å². The van der Waals surface area contributed by atoms with Gasteiger partial charge in [-0.25, -0.2) is 17.7 Å². The number of hydrogen-bond acceptors (Lipinski definition) is 4. The Balaban J connectivity index is 1.26. The molecule has 7 nitrogen and oxygen atoms in total. The number of nitrogens with zero attached hydrogens (tertiary/aromatic N) is 3. The van der Waals surface area contributed by atoms with Gasteiger partial charge >= 0.3 is 0 Å². The third kappa shape index (κ3) is 6.30. The molecule has 0 aliphatic carbocycles. The quantitative estimate of drug-likeness (QED) is 0.525. The average Bonchev–Trinajstić information content (AvgIpc) is 3.39. The molecule has 33 heavy (non-hydrogen) atoms. The zero-order valence-corrected chi connectivity index (χ0v) is 19.5. The number of amides is 1. The van der Waals surface area contributed by atoms with Crippen molar-refractivity contribution in [3.8, 4) is 5.69 Å². The van der Waals surface area contributed by atoms with Crippen molar-refractivity contribution >= 4 is 15.9 Å². The molecule has 0 spiro atoms. The number of hydrogen-bond donors (Lipinski definition) is 1. The molecule has 1 saturated heterocycles. The van der Waals surface area contributed by atoms with Crippen LogP contribution < -0.4 is 5.32 Å². The van der Waals surface area contributed by atoms with E-state index in [4.69, 9.17) is 0 Å². The molecule has 1 amide bonds. The predicted molar refractivity (Wildman–Crippen MR) is 128 cm³/mol. The number of piperidine rings is 1. The number of nitrogens with one attached hydrogen (secondary N) is 1. The Bertz CT molecular complexity index is 1130. The van der Waals surface area contributed by atoms with Crippen LogP contribution in [0.3, 0.4) is 0 Å². The van der Waals surface area contributed by atoms with Crippen molar-refractivity contribution in [2.24, 2.45) is 5.92 Å². The standard InChI is InChI=1S/C25H30N4O3S/c30-25(27-18-22-10-12-24(13-11-22)28-16-14-26-20-28)23-9-4-15-29(19-23)33(31,32)17-5-8-21-6-2-1-3-7-21/h1-3,6-7,10-14,16,20,23H,4-5,8-9,15,17-19H2,(H,27,30)/t23-/m1/s1. The minimum Gasteiger partial charge on any atom is -0.352 e. The van der Waals surface area contributed by atoms with Crippen LogP contribution in [0.2, 0.25) is 0 Å². The molecule has 1 N–H and O–H groups in total. The number of imidazole rings is 1. The van der Waals surface area contributed by atoms with E-state index in [1.807, 2.05) is 65.4 Å². The molecule has 0 radical (unpaired) electrons. The highest BCUT2D eigenvalue weighted by atomic mass is 32.2. The van der Waals surface area contributed by atoms with Crippen molar-refractivity contribution in [1.29, 1.82) is 0 Å². The summed E-state index contributed by atoms with van der Waals surface area (Å²) in [7, 11) is -3.37.